The SMILES string of the molecule is COc1cc(NC(=O)c2ccc(OC(F)F)c(OC)c2)c(C(N)=O)cc1OC. The van der Waals surface area contributed by atoms with Crippen LogP contribution >= 0.6 is 0 Å². The van der Waals surface area contributed by atoms with Gasteiger partial charge in [-0.1, -0.05) is 0 Å². The number of hydrogen-bond donors (Lipinski definition) is 2. The number of primary amides is 1. The third-order valence-electron chi connectivity index (χ3n) is 3.68. The maximum atomic E-state index is 12.6. The largest absolute Gasteiger partial charge is 0.493 e. The monoisotopic (exact) mass is 396 g/mol. The summed E-state index contributed by atoms with van der Waals surface area (Å²) in [5.74, 6) is -1.20. The first-order valence-corrected chi connectivity index (χ1v) is 7.80. The van der Waals surface area contributed by atoms with Crippen LogP contribution in [0.2, 0.25) is 0 Å². The van der Waals surface area contributed by atoms with Crippen LogP contribution in [0.25, 0.3) is 0 Å². The van der Waals surface area contributed by atoms with Crippen molar-refractivity contribution < 1.29 is 37.3 Å². The van der Waals surface area contributed by atoms with E-state index in [1.54, 1.807) is 0 Å². The van der Waals surface area contributed by atoms with Crippen molar-refractivity contribution in [3.05, 3.63) is 41.5 Å². The molecule has 0 heterocycles. The van der Waals surface area contributed by atoms with Gasteiger partial charge in [0, 0.05) is 11.6 Å². The molecule has 2 aromatic carbocycles. The third-order valence-corrected chi connectivity index (χ3v) is 3.68. The molecule has 0 aliphatic rings. The summed E-state index contributed by atoms with van der Waals surface area (Å²) in [7, 11) is 4.02. The minimum Gasteiger partial charge on any atom is -0.493 e. The molecule has 0 saturated heterocycles. The second-order valence-electron chi connectivity index (χ2n) is 5.32. The van der Waals surface area contributed by atoms with Crippen molar-refractivity contribution in [2.24, 2.45) is 5.73 Å². The van der Waals surface area contributed by atoms with Gasteiger partial charge in [0.1, 0.15) is 0 Å². The summed E-state index contributed by atoms with van der Waals surface area (Å²) in [6, 6.07) is 6.36. The number of alkyl halides is 2. The van der Waals surface area contributed by atoms with Crippen molar-refractivity contribution in [2.75, 3.05) is 26.6 Å². The topological polar surface area (TPSA) is 109 Å². The van der Waals surface area contributed by atoms with Crippen LogP contribution < -0.4 is 30.0 Å². The molecule has 2 amide bonds. The van der Waals surface area contributed by atoms with Crippen LogP contribution in [0.5, 0.6) is 23.0 Å². The molecule has 28 heavy (non-hydrogen) atoms. The highest BCUT2D eigenvalue weighted by Crippen LogP contribution is 2.34. The average molecular weight is 396 g/mol. The Kier molecular flexibility index (Phi) is 6.59. The number of carbonyl (C=O) groups excluding carboxylic acids is 2. The van der Waals surface area contributed by atoms with Gasteiger partial charge in [-0.2, -0.15) is 8.78 Å². The van der Waals surface area contributed by atoms with Crippen LogP contribution in [0.1, 0.15) is 20.7 Å². The van der Waals surface area contributed by atoms with Gasteiger partial charge in [0.15, 0.2) is 23.0 Å². The molecule has 0 atom stereocenters. The molecule has 0 saturated carbocycles. The van der Waals surface area contributed by atoms with E-state index in [9.17, 15) is 18.4 Å². The molecule has 0 aromatic heterocycles. The summed E-state index contributed by atoms with van der Waals surface area (Å²) in [6.07, 6.45) is 0. The van der Waals surface area contributed by atoms with Gasteiger partial charge in [0.2, 0.25) is 0 Å². The molecule has 2 aromatic rings. The standard InChI is InChI=1S/C18H18F2N2O6/c1-25-13-6-9(4-5-12(13)28-18(19)20)17(24)22-11-8-15(27-3)14(26-2)7-10(11)16(21)23/h4-8,18H,1-3H3,(H2,21,23)(H,22,24). The minimum absolute atomic E-state index is 0.00406. The Bertz CT molecular complexity index is 889. The predicted molar refractivity (Wildman–Crippen MR) is 95.6 cm³/mol. The van der Waals surface area contributed by atoms with Crippen LogP contribution in [-0.2, 0) is 0 Å². The van der Waals surface area contributed by atoms with E-state index in [1.807, 2.05) is 0 Å². The van der Waals surface area contributed by atoms with E-state index in [2.05, 4.69) is 10.1 Å². The number of nitrogens with two attached hydrogens (primary N) is 1. The first-order valence-electron chi connectivity index (χ1n) is 7.80. The van der Waals surface area contributed by atoms with Crippen molar-refractivity contribution in [1.29, 1.82) is 0 Å². The third kappa shape index (κ3) is 4.58. The Hall–Kier alpha value is -3.56. The number of halogens is 2. The van der Waals surface area contributed by atoms with Crippen LogP contribution in [0.3, 0.4) is 0 Å². The lowest BCUT2D eigenvalue weighted by atomic mass is 10.1. The molecule has 10 heteroatoms. The van der Waals surface area contributed by atoms with E-state index in [0.29, 0.717) is 0 Å². The Morgan fingerprint density at radius 3 is 2.04 bits per heavy atom. The number of methoxy groups -OCH3 is 3. The highest BCUT2D eigenvalue weighted by Gasteiger charge is 2.19. The molecular weight excluding hydrogens is 378 g/mol. The average Bonchev–Trinajstić information content (AvgIpc) is 2.67. The number of nitrogens with one attached hydrogen (secondary N) is 1. The number of carbonyl (C=O) groups is 2. The summed E-state index contributed by atoms with van der Waals surface area (Å²) < 4.78 is 44.4. The fraction of sp³-hybridized carbons (Fsp3) is 0.222. The lowest BCUT2D eigenvalue weighted by Gasteiger charge is -2.15. The molecule has 0 aliphatic heterocycles. The van der Waals surface area contributed by atoms with E-state index in [4.69, 9.17) is 19.9 Å². The highest BCUT2D eigenvalue weighted by molar-refractivity contribution is 6.09. The molecular formula is C18H18F2N2O6. The molecule has 0 unspecified atom stereocenters. The smallest absolute Gasteiger partial charge is 0.387 e. The first-order chi connectivity index (χ1) is 13.3. The number of benzene rings is 2. The van der Waals surface area contributed by atoms with E-state index < -0.39 is 18.4 Å². The van der Waals surface area contributed by atoms with Crippen molar-refractivity contribution in [1.82, 2.24) is 0 Å². The predicted octanol–water partition coefficient (Wildman–Crippen LogP) is 2.67. The van der Waals surface area contributed by atoms with Gasteiger partial charge in [-0.3, -0.25) is 9.59 Å². The van der Waals surface area contributed by atoms with Gasteiger partial charge < -0.3 is 30.0 Å². The number of amides is 2. The lowest BCUT2D eigenvalue weighted by molar-refractivity contribution is -0.0512. The fourth-order valence-electron chi connectivity index (χ4n) is 2.38. The van der Waals surface area contributed by atoms with Gasteiger partial charge in [0.05, 0.1) is 32.6 Å². The molecule has 0 fully saturated rings. The quantitative estimate of drug-likeness (QED) is 0.710. The highest BCUT2D eigenvalue weighted by atomic mass is 19.3. The Morgan fingerprint density at radius 1 is 0.929 bits per heavy atom. The molecule has 0 bridgehead atoms. The van der Waals surface area contributed by atoms with E-state index in [1.165, 1.54) is 51.7 Å². The normalized spacial score (nSPS) is 10.4. The fourth-order valence-corrected chi connectivity index (χ4v) is 2.38. The molecule has 0 spiro atoms. The van der Waals surface area contributed by atoms with Crippen LogP contribution in [-0.4, -0.2) is 39.8 Å². The van der Waals surface area contributed by atoms with Crippen LogP contribution in [0, 0.1) is 0 Å². The van der Waals surface area contributed by atoms with Gasteiger partial charge >= 0.3 is 6.61 Å². The second-order valence-corrected chi connectivity index (χ2v) is 5.32. The van der Waals surface area contributed by atoms with Crippen LogP contribution in [0.15, 0.2) is 30.3 Å². The van der Waals surface area contributed by atoms with Crippen molar-refractivity contribution in [3.63, 3.8) is 0 Å². The summed E-state index contributed by atoms with van der Waals surface area (Å²) in [6.45, 7) is -3.04. The number of hydrogen-bond acceptors (Lipinski definition) is 6. The van der Waals surface area contributed by atoms with Crippen molar-refractivity contribution in [2.45, 2.75) is 6.61 Å². The maximum absolute atomic E-state index is 12.6. The second kappa shape index (κ2) is 8.89. The van der Waals surface area contributed by atoms with Crippen molar-refractivity contribution >= 4 is 17.5 Å². The summed E-state index contributed by atoms with van der Waals surface area (Å²) in [4.78, 5) is 24.3. The Balaban J connectivity index is 2.37. The number of ether oxygens (including phenoxy) is 4. The molecule has 3 N–H and O–H groups in total. The molecule has 8 nitrogen and oxygen atoms in total. The zero-order chi connectivity index (χ0) is 20.8. The zero-order valence-electron chi connectivity index (χ0n) is 15.2. The number of rotatable bonds is 8. The number of anilines is 1. The molecule has 150 valence electrons. The van der Waals surface area contributed by atoms with E-state index in [-0.39, 0.29) is 39.8 Å². The van der Waals surface area contributed by atoms with Gasteiger partial charge in [-0.25, -0.2) is 0 Å². The van der Waals surface area contributed by atoms with Crippen LogP contribution in [0.4, 0.5) is 14.5 Å². The maximum Gasteiger partial charge on any atom is 0.387 e. The molecule has 0 aliphatic carbocycles. The van der Waals surface area contributed by atoms with Gasteiger partial charge in [0.25, 0.3) is 11.8 Å². The summed E-state index contributed by atoms with van der Waals surface area (Å²) in [5, 5.41) is 2.53. The van der Waals surface area contributed by atoms with Gasteiger partial charge in [-0.15, -0.1) is 0 Å². The van der Waals surface area contributed by atoms with E-state index in [0.717, 1.165) is 0 Å². The Morgan fingerprint density at radius 2 is 1.50 bits per heavy atom. The van der Waals surface area contributed by atoms with E-state index >= 15 is 0 Å². The van der Waals surface area contributed by atoms with Gasteiger partial charge in [-0.05, 0) is 24.3 Å². The Labute approximate surface area is 159 Å². The van der Waals surface area contributed by atoms with Crippen molar-refractivity contribution in [3.8, 4) is 23.0 Å². The molecule has 2 rings (SSSR count). The lowest BCUT2D eigenvalue weighted by Crippen LogP contribution is -2.19. The zero-order valence-corrected chi connectivity index (χ0v) is 15.2. The summed E-state index contributed by atoms with van der Waals surface area (Å²) in [5.41, 5.74) is 5.52. The minimum atomic E-state index is -3.04. The summed E-state index contributed by atoms with van der Waals surface area (Å²) >= 11 is 0. The first kappa shape index (κ1) is 20.7. The molecule has 0 radical (unpaired) electrons.